The average Bonchev–Trinajstić information content (AvgIpc) is 2.39. The highest BCUT2D eigenvalue weighted by Crippen LogP contribution is 2.26. The first-order valence-electron chi connectivity index (χ1n) is 7.26. The van der Waals surface area contributed by atoms with Crippen molar-refractivity contribution in [2.45, 2.75) is 54.0 Å². The summed E-state index contributed by atoms with van der Waals surface area (Å²) in [6.45, 7) is 13.9. The van der Waals surface area contributed by atoms with Crippen molar-refractivity contribution in [3.05, 3.63) is 11.4 Å². The van der Waals surface area contributed by atoms with E-state index in [4.69, 9.17) is 4.98 Å². The number of nitrogens with one attached hydrogen (secondary N) is 1. The van der Waals surface area contributed by atoms with E-state index < -0.39 is 0 Å². The van der Waals surface area contributed by atoms with Gasteiger partial charge in [-0.25, -0.2) is 9.97 Å². The summed E-state index contributed by atoms with van der Waals surface area (Å²) in [6, 6.07) is 0.452. The lowest BCUT2D eigenvalue weighted by atomic mass is 10.0. The van der Waals surface area contributed by atoms with E-state index in [-0.39, 0.29) is 0 Å². The number of hydrogen-bond donors (Lipinski definition) is 1. The standard InChI is InChI=1S/C15H28N4/c1-8-13-17-14(16-9-2)11(5)15(18-13)19(7)12(6)10(3)4/h10,12H,8-9H2,1-7H3,(H,16,17,18). The molecule has 4 heteroatoms. The molecule has 1 rings (SSSR count). The zero-order chi connectivity index (χ0) is 14.6. The van der Waals surface area contributed by atoms with Gasteiger partial charge in [-0.05, 0) is 26.7 Å². The smallest absolute Gasteiger partial charge is 0.137 e. The molecule has 0 radical (unpaired) electrons. The van der Waals surface area contributed by atoms with Crippen LogP contribution in [-0.4, -0.2) is 29.6 Å². The van der Waals surface area contributed by atoms with Crippen LogP contribution in [0.1, 0.15) is 46.0 Å². The molecule has 0 spiro atoms. The summed E-state index contributed by atoms with van der Waals surface area (Å²) in [5.41, 5.74) is 1.13. The molecule has 1 aromatic rings. The summed E-state index contributed by atoms with van der Waals surface area (Å²) in [4.78, 5) is 11.6. The number of aryl methyl sites for hydroxylation is 1. The summed E-state index contributed by atoms with van der Waals surface area (Å²) in [5, 5.41) is 3.34. The van der Waals surface area contributed by atoms with E-state index in [1.165, 1.54) is 0 Å². The van der Waals surface area contributed by atoms with Gasteiger partial charge in [-0.15, -0.1) is 0 Å². The van der Waals surface area contributed by atoms with Gasteiger partial charge in [0.15, 0.2) is 0 Å². The Morgan fingerprint density at radius 2 is 1.79 bits per heavy atom. The predicted octanol–water partition coefficient (Wildman–Crippen LogP) is 3.26. The molecular weight excluding hydrogens is 236 g/mol. The molecule has 0 saturated heterocycles. The number of hydrogen-bond acceptors (Lipinski definition) is 4. The predicted molar refractivity (Wildman–Crippen MR) is 83.0 cm³/mol. The average molecular weight is 264 g/mol. The van der Waals surface area contributed by atoms with E-state index >= 15 is 0 Å². The summed E-state index contributed by atoms with van der Waals surface area (Å²) >= 11 is 0. The van der Waals surface area contributed by atoms with E-state index in [1.54, 1.807) is 0 Å². The summed E-state index contributed by atoms with van der Waals surface area (Å²) in [7, 11) is 2.12. The van der Waals surface area contributed by atoms with Crippen molar-refractivity contribution >= 4 is 11.6 Å². The Kier molecular flexibility index (Phi) is 5.58. The molecule has 19 heavy (non-hydrogen) atoms. The number of aromatic nitrogens is 2. The van der Waals surface area contributed by atoms with Crippen molar-refractivity contribution in [3.63, 3.8) is 0 Å². The Morgan fingerprint density at radius 3 is 2.26 bits per heavy atom. The molecule has 1 atom stereocenters. The Labute approximate surface area is 117 Å². The van der Waals surface area contributed by atoms with Crippen molar-refractivity contribution in [2.24, 2.45) is 5.92 Å². The SMILES string of the molecule is CCNc1nc(CC)nc(N(C)C(C)C(C)C)c1C. The summed E-state index contributed by atoms with van der Waals surface area (Å²) < 4.78 is 0. The second-order valence-corrected chi connectivity index (χ2v) is 5.42. The number of rotatable bonds is 6. The molecule has 0 aliphatic carbocycles. The second-order valence-electron chi connectivity index (χ2n) is 5.42. The Hall–Kier alpha value is -1.32. The lowest BCUT2D eigenvalue weighted by Crippen LogP contribution is -2.34. The van der Waals surface area contributed by atoms with Crippen molar-refractivity contribution in [3.8, 4) is 0 Å². The largest absolute Gasteiger partial charge is 0.370 e. The van der Waals surface area contributed by atoms with E-state index in [0.29, 0.717) is 12.0 Å². The summed E-state index contributed by atoms with van der Waals surface area (Å²) in [5.74, 6) is 3.50. The highest BCUT2D eigenvalue weighted by atomic mass is 15.2. The molecule has 108 valence electrons. The minimum absolute atomic E-state index is 0.452. The quantitative estimate of drug-likeness (QED) is 0.856. The first kappa shape index (κ1) is 15.7. The maximum absolute atomic E-state index is 4.71. The van der Waals surface area contributed by atoms with Crippen LogP contribution >= 0.6 is 0 Å². The third-order valence-corrected chi connectivity index (χ3v) is 3.74. The lowest BCUT2D eigenvalue weighted by molar-refractivity contribution is 0.501. The molecule has 1 N–H and O–H groups in total. The molecule has 0 bridgehead atoms. The van der Waals surface area contributed by atoms with Gasteiger partial charge in [0.05, 0.1) is 0 Å². The molecule has 0 amide bonds. The van der Waals surface area contributed by atoms with E-state index in [0.717, 1.165) is 36.0 Å². The highest BCUT2D eigenvalue weighted by molar-refractivity contribution is 5.58. The van der Waals surface area contributed by atoms with Gasteiger partial charge < -0.3 is 10.2 Å². The van der Waals surface area contributed by atoms with Crippen LogP contribution in [0.4, 0.5) is 11.6 Å². The third-order valence-electron chi connectivity index (χ3n) is 3.74. The maximum Gasteiger partial charge on any atom is 0.137 e. The van der Waals surface area contributed by atoms with Crippen LogP contribution in [0, 0.1) is 12.8 Å². The molecule has 1 aromatic heterocycles. The lowest BCUT2D eigenvalue weighted by Gasteiger charge is -2.30. The fraction of sp³-hybridized carbons (Fsp3) is 0.733. The van der Waals surface area contributed by atoms with E-state index in [2.05, 4.69) is 63.8 Å². The molecule has 0 fully saturated rings. The Balaban J connectivity index is 3.21. The molecule has 0 aromatic carbocycles. The topological polar surface area (TPSA) is 41.1 Å². The Morgan fingerprint density at radius 1 is 1.16 bits per heavy atom. The molecule has 0 saturated carbocycles. The minimum Gasteiger partial charge on any atom is -0.370 e. The molecule has 0 aliphatic heterocycles. The number of nitrogens with zero attached hydrogens (tertiary/aromatic N) is 3. The summed E-state index contributed by atoms with van der Waals surface area (Å²) in [6.07, 6.45) is 0.857. The molecule has 1 unspecified atom stereocenters. The molecule has 0 aliphatic rings. The van der Waals surface area contributed by atoms with E-state index in [1.807, 2.05) is 0 Å². The van der Waals surface area contributed by atoms with Gasteiger partial charge in [-0.1, -0.05) is 20.8 Å². The fourth-order valence-corrected chi connectivity index (χ4v) is 2.03. The van der Waals surface area contributed by atoms with Crippen LogP contribution in [0.2, 0.25) is 0 Å². The van der Waals surface area contributed by atoms with Crippen LogP contribution in [0.5, 0.6) is 0 Å². The fourth-order valence-electron chi connectivity index (χ4n) is 2.03. The highest BCUT2D eigenvalue weighted by Gasteiger charge is 2.19. The van der Waals surface area contributed by atoms with Crippen molar-refractivity contribution in [1.82, 2.24) is 9.97 Å². The Bertz CT molecular complexity index is 415. The molecule has 1 heterocycles. The normalized spacial score (nSPS) is 12.6. The van der Waals surface area contributed by atoms with Crippen molar-refractivity contribution < 1.29 is 0 Å². The van der Waals surface area contributed by atoms with Crippen LogP contribution in [-0.2, 0) is 6.42 Å². The molecule has 4 nitrogen and oxygen atoms in total. The third kappa shape index (κ3) is 3.58. The first-order valence-corrected chi connectivity index (χ1v) is 7.26. The maximum atomic E-state index is 4.71. The van der Waals surface area contributed by atoms with Crippen molar-refractivity contribution in [2.75, 3.05) is 23.8 Å². The van der Waals surface area contributed by atoms with Gasteiger partial charge in [0.1, 0.15) is 17.5 Å². The van der Waals surface area contributed by atoms with Crippen LogP contribution < -0.4 is 10.2 Å². The zero-order valence-electron chi connectivity index (χ0n) is 13.4. The monoisotopic (exact) mass is 264 g/mol. The van der Waals surface area contributed by atoms with Gasteiger partial charge in [-0.3, -0.25) is 0 Å². The van der Waals surface area contributed by atoms with Gasteiger partial charge in [-0.2, -0.15) is 0 Å². The molecular formula is C15H28N4. The zero-order valence-corrected chi connectivity index (χ0v) is 13.4. The first-order chi connectivity index (χ1) is 8.92. The van der Waals surface area contributed by atoms with Crippen molar-refractivity contribution in [1.29, 1.82) is 0 Å². The van der Waals surface area contributed by atoms with Crippen LogP contribution in [0.25, 0.3) is 0 Å². The number of anilines is 2. The van der Waals surface area contributed by atoms with Crippen LogP contribution in [0.3, 0.4) is 0 Å². The van der Waals surface area contributed by atoms with Gasteiger partial charge >= 0.3 is 0 Å². The van der Waals surface area contributed by atoms with Gasteiger partial charge in [0.25, 0.3) is 0 Å². The second kappa shape index (κ2) is 6.73. The minimum atomic E-state index is 0.452. The van der Waals surface area contributed by atoms with E-state index in [9.17, 15) is 0 Å². The van der Waals surface area contributed by atoms with Gasteiger partial charge in [0, 0.05) is 31.6 Å². The van der Waals surface area contributed by atoms with Crippen LogP contribution in [0.15, 0.2) is 0 Å². The van der Waals surface area contributed by atoms with Gasteiger partial charge in [0.2, 0.25) is 0 Å².